The van der Waals surface area contributed by atoms with Gasteiger partial charge in [-0.25, -0.2) is 4.79 Å². The van der Waals surface area contributed by atoms with E-state index in [0.29, 0.717) is 16.4 Å². The summed E-state index contributed by atoms with van der Waals surface area (Å²) in [7, 11) is 0. The van der Waals surface area contributed by atoms with Crippen LogP contribution in [0.15, 0.2) is 23.8 Å². The van der Waals surface area contributed by atoms with Crippen molar-refractivity contribution in [3.63, 3.8) is 0 Å². The molecule has 4 aliphatic rings. The standard InChI is InChI=1S/C36H51I3O3/c1-21(2)8-7-9-22(3)28-12-13-29-27-11-10-25-20-26(14-16-35(25,5)30(27)15-17-36(28,29)6)41-23(4)42-34(40)24-18-31(37)33(39)32(38)19-24/h10,18-19,21-23,26-30H,7-9,11-17,20H2,1-6H3/t22-,23?,26+,27?,28-,29?,30?,35+,36-/m1/s1. The summed E-state index contributed by atoms with van der Waals surface area (Å²) in [4.78, 5) is 12.9. The Morgan fingerprint density at radius 3 is 2.36 bits per heavy atom. The van der Waals surface area contributed by atoms with E-state index in [4.69, 9.17) is 9.47 Å². The second-order valence-corrected chi connectivity index (χ2v) is 18.4. The number of esters is 1. The van der Waals surface area contributed by atoms with Crippen LogP contribution in [0.1, 0.15) is 123 Å². The third kappa shape index (κ3) is 6.82. The van der Waals surface area contributed by atoms with Crippen molar-refractivity contribution in [2.24, 2.45) is 46.3 Å². The van der Waals surface area contributed by atoms with Crippen LogP contribution in [-0.2, 0) is 9.47 Å². The van der Waals surface area contributed by atoms with Crippen LogP contribution < -0.4 is 0 Å². The van der Waals surface area contributed by atoms with Crippen molar-refractivity contribution in [1.29, 1.82) is 0 Å². The Morgan fingerprint density at radius 1 is 0.952 bits per heavy atom. The highest BCUT2D eigenvalue weighted by Crippen LogP contribution is 2.67. The van der Waals surface area contributed by atoms with Crippen LogP contribution in [0.2, 0.25) is 0 Å². The van der Waals surface area contributed by atoms with E-state index in [1.54, 1.807) is 5.57 Å². The highest BCUT2D eigenvalue weighted by atomic mass is 127. The predicted molar refractivity (Wildman–Crippen MR) is 197 cm³/mol. The van der Waals surface area contributed by atoms with E-state index in [1.165, 1.54) is 61.4 Å². The molecule has 4 unspecified atom stereocenters. The van der Waals surface area contributed by atoms with E-state index in [0.717, 1.165) is 55.5 Å². The molecule has 3 nitrogen and oxygen atoms in total. The van der Waals surface area contributed by atoms with Gasteiger partial charge in [-0.3, -0.25) is 0 Å². The molecular weight excluding hydrogens is 861 g/mol. The Balaban J connectivity index is 1.20. The van der Waals surface area contributed by atoms with Gasteiger partial charge in [0, 0.05) is 10.7 Å². The van der Waals surface area contributed by atoms with Gasteiger partial charge in [0.25, 0.3) is 0 Å². The SMILES string of the molecule is CC(C)CCC[C@@H](C)[C@H]1CCC2C3CC=C4C[C@@H](OC(C)OC(=O)c5cc(I)c(I)c(I)c5)CC[C@]4(C)C3CC[C@@]21C. The van der Waals surface area contributed by atoms with Gasteiger partial charge < -0.3 is 9.47 Å². The number of rotatable bonds is 9. The number of fused-ring (bicyclic) bond motifs is 5. The topological polar surface area (TPSA) is 35.5 Å². The summed E-state index contributed by atoms with van der Waals surface area (Å²) in [6, 6.07) is 3.81. The molecule has 0 amide bonds. The van der Waals surface area contributed by atoms with Crippen LogP contribution in [0.25, 0.3) is 0 Å². The number of halogens is 3. The number of carbonyl (C=O) groups is 1. The second kappa shape index (κ2) is 13.7. The fourth-order valence-electron chi connectivity index (χ4n) is 9.96. The average molecular weight is 913 g/mol. The maximum absolute atomic E-state index is 12.9. The first-order valence-electron chi connectivity index (χ1n) is 16.5. The molecule has 0 aromatic heterocycles. The second-order valence-electron chi connectivity index (χ2n) is 15.0. The quantitative estimate of drug-likeness (QED) is 0.0814. The predicted octanol–water partition coefficient (Wildman–Crippen LogP) is 11.4. The smallest absolute Gasteiger partial charge is 0.340 e. The molecule has 3 fully saturated rings. The molecule has 0 saturated heterocycles. The van der Waals surface area contributed by atoms with Gasteiger partial charge in [0.15, 0.2) is 0 Å². The fraction of sp³-hybridized carbons (Fsp3) is 0.750. The summed E-state index contributed by atoms with van der Waals surface area (Å²) in [5.41, 5.74) is 3.06. The molecule has 42 heavy (non-hydrogen) atoms. The number of benzene rings is 1. The molecule has 234 valence electrons. The van der Waals surface area contributed by atoms with E-state index in [1.807, 2.05) is 19.1 Å². The minimum absolute atomic E-state index is 0.122. The third-order valence-corrected chi connectivity index (χ3v) is 17.1. The molecule has 0 radical (unpaired) electrons. The van der Waals surface area contributed by atoms with Gasteiger partial charge in [-0.15, -0.1) is 0 Å². The number of hydrogen-bond acceptors (Lipinski definition) is 3. The molecule has 1 aromatic rings. The van der Waals surface area contributed by atoms with Crippen LogP contribution in [0.5, 0.6) is 0 Å². The molecule has 0 bridgehead atoms. The number of hydrogen-bond donors (Lipinski definition) is 0. The summed E-state index contributed by atoms with van der Waals surface area (Å²) >= 11 is 6.88. The highest BCUT2D eigenvalue weighted by Gasteiger charge is 2.59. The lowest BCUT2D eigenvalue weighted by atomic mass is 9.47. The Hall–Kier alpha value is 0.580. The van der Waals surface area contributed by atoms with Gasteiger partial charge in [-0.1, -0.05) is 65.5 Å². The summed E-state index contributed by atoms with van der Waals surface area (Å²) < 4.78 is 15.5. The van der Waals surface area contributed by atoms with Crippen LogP contribution in [0.3, 0.4) is 0 Å². The van der Waals surface area contributed by atoms with Crippen molar-refractivity contribution in [3.05, 3.63) is 40.1 Å². The summed E-state index contributed by atoms with van der Waals surface area (Å²) in [6.07, 6.45) is 16.6. The maximum atomic E-state index is 12.9. The van der Waals surface area contributed by atoms with Crippen molar-refractivity contribution in [2.45, 2.75) is 125 Å². The zero-order chi connectivity index (χ0) is 30.4. The third-order valence-electron chi connectivity index (χ3n) is 12.1. The molecule has 0 spiro atoms. The van der Waals surface area contributed by atoms with Crippen LogP contribution >= 0.6 is 67.8 Å². The largest absolute Gasteiger partial charge is 0.432 e. The Morgan fingerprint density at radius 2 is 1.67 bits per heavy atom. The maximum Gasteiger partial charge on any atom is 0.340 e. The Labute approximate surface area is 296 Å². The van der Waals surface area contributed by atoms with Gasteiger partial charge in [0.2, 0.25) is 6.29 Å². The summed E-state index contributed by atoms with van der Waals surface area (Å²) in [5.74, 6) is 4.85. The molecule has 4 aliphatic carbocycles. The van der Waals surface area contributed by atoms with E-state index in [2.05, 4.69) is 108 Å². The van der Waals surface area contributed by atoms with E-state index < -0.39 is 6.29 Å². The van der Waals surface area contributed by atoms with Crippen molar-refractivity contribution in [2.75, 3.05) is 0 Å². The van der Waals surface area contributed by atoms with Gasteiger partial charge in [0.05, 0.1) is 11.7 Å². The summed E-state index contributed by atoms with van der Waals surface area (Å²) in [5, 5.41) is 0. The van der Waals surface area contributed by atoms with Crippen LogP contribution in [0, 0.1) is 57.0 Å². The average Bonchev–Trinajstić information content (AvgIpc) is 3.28. The molecule has 5 rings (SSSR count). The first kappa shape index (κ1) is 33.9. The highest BCUT2D eigenvalue weighted by molar-refractivity contribution is 14.1. The van der Waals surface area contributed by atoms with E-state index in [9.17, 15) is 4.79 Å². The van der Waals surface area contributed by atoms with Crippen LogP contribution in [0.4, 0.5) is 0 Å². The molecule has 9 atom stereocenters. The van der Waals surface area contributed by atoms with Crippen molar-refractivity contribution >= 4 is 73.7 Å². The van der Waals surface area contributed by atoms with Gasteiger partial charge >= 0.3 is 5.97 Å². The van der Waals surface area contributed by atoms with Crippen molar-refractivity contribution < 1.29 is 14.3 Å². The minimum Gasteiger partial charge on any atom is -0.432 e. The number of allylic oxidation sites excluding steroid dienone is 1. The number of ether oxygens (including phenoxy) is 2. The van der Waals surface area contributed by atoms with Gasteiger partial charge in [-0.2, -0.15) is 0 Å². The van der Waals surface area contributed by atoms with E-state index >= 15 is 0 Å². The lowest BCUT2D eigenvalue weighted by molar-refractivity contribution is -0.143. The minimum atomic E-state index is -0.549. The van der Waals surface area contributed by atoms with Crippen molar-refractivity contribution in [1.82, 2.24) is 0 Å². The molecule has 3 saturated carbocycles. The molecular formula is C36H51I3O3. The first-order chi connectivity index (χ1) is 19.8. The Kier molecular flexibility index (Phi) is 11.1. The van der Waals surface area contributed by atoms with Crippen LogP contribution in [-0.4, -0.2) is 18.4 Å². The number of carbonyl (C=O) groups excluding carboxylic acids is 1. The molecule has 1 aromatic carbocycles. The van der Waals surface area contributed by atoms with Gasteiger partial charge in [-0.05, 0) is 185 Å². The fourth-order valence-corrected chi connectivity index (χ4v) is 12.0. The molecule has 0 heterocycles. The molecule has 0 N–H and O–H groups in total. The zero-order valence-electron chi connectivity index (χ0n) is 26.5. The molecule has 6 heteroatoms. The molecule has 0 aliphatic heterocycles. The van der Waals surface area contributed by atoms with Gasteiger partial charge in [0.1, 0.15) is 0 Å². The zero-order valence-corrected chi connectivity index (χ0v) is 33.0. The van der Waals surface area contributed by atoms with E-state index in [-0.39, 0.29) is 12.1 Å². The first-order valence-corrected chi connectivity index (χ1v) is 19.8. The Bertz CT molecular complexity index is 1160. The lowest BCUT2D eigenvalue weighted by Gasteiger charge is -2.58. The lowest BCUT2D eigenvalue weighted by Crippen LogP contribution is -2.51. The normalized spacial score (nSPS) is 35.6. The monoisotopic (exact) mass is 912 g/mol. The summed E-state index contributed by atoms with van der Waals surface area (Å²) in [6.45, 7) is 14.5. The van der Waals surface area contributed by atoms with Crippen molar-refractivity contribution in [3.8, 4) is 0 Å².